The molecule has 1 aromatic heterocycles. The van der Waals surface area contributed by atoms with Gasteiger partial charge in [-0.15, -0.1) is 0 Å². The van der Waals surface area contributed by atoms with Crippen LogP contribution in [0, 0.1) is 19.8 Å². The lowest BCUT2D eigenvalue weighted by molar-refractivity contribution is 0.458. The van der Waals surface area contributed by atoms with Crippen molar-refractivity contribution in [1.29, 1.82) is 0 Å². The van der Waals surface area contributed by atoms with E-state index < -0.39 is 9.84 Å². The van der Waals surface area contributed by atoms with E-state index in [4.69, 9.17) is 0 Å². The number of imidazole rings is 1. The van der Waals surface area contributed by atoms with Gasteiger partial charge in [0.1, 0.15) is 15.7 Å². The van der Waals surface area contributed by atoms with Gasteiger partial charge in [-0.1, -0.05) is 0 Å². The van der Waals surface area contributed by atoms with E-state index in [1.165, 1.54) is 0 Å². The van der Waals surface area contributed by atoms with Crippen LogP contribution in [0.4, 0.5) is 0 Å². The van der Waals surface area contributed by atoms with E-state index in [0.29, 0.717) is 17.4 Å². The number of H-pyrrole nitrogens is 1. The van der Waals surface area contributed by atoms with Crippen LogP contribution in [0.25, 0.3) is 0 Å². The van der Waals surface area contributed by atoms with Crippen molar-refractivity contribution in [2.45, 2.75) is 33.1 Å². The Kier molecular flexibility index (Phi) is 3.06. The van der Waals surface area contributed by atoms with Crippen molar-refractivity contribution in [1.82, 2.24) is 9.97 Å². The third-order valence-corrected chi connectivity index (χ3v) is 4.98. The molecule has 1 aliphatic heterocycles. The highest BCUT2D eigenvalue weighted by atomic mass is 32.2. The highest BCUT2D eigenvalue weighted by Crippen LogP contribution is 2.23. The smallest absolute Gasteiger partial charge is 0.150 e. The summed E-state index contributed by atoms with van der Waals surface area (Å²) in [4.78, 5) is 7.62. The second-order valence-corrected chi connectivity index (χ2v) is 7.00. The number of hydrogen-bond acceptors (Lipinski definition) is 3. The van der Waals surface area contributed by atoms with Crippen LogP contribution < -0.4 is 0 Å². The third-order valence-electron chi connectivity index (χ3n) is 3.26. The molecular formula is C11H18N2O2S. The van der Waals surface area contributed by atoms with Gasteiger partial charge in [0, 0.05) is 5.69 Å². The Bertz CT molecular complexity index is 462. The van der Waals surface area contributed by atoms with Gasteiger partial charge in [-0.2, -0.15) is 0 Å². The van der Waals surface area contributed by atoms with Crippen LogP contribution in [0.3, 0.4) is 0 Å². The van der Waals surface area contributed by atoms with Gasteiger partial charge in [-0.05, 0) is 39.0 Å². The molecule has 0 atom stereocenters. The average molecular weight is 242 g/mol. The maximum Gasteiger partial charge on any atom is 0.150 e. The minimum atomic E-state index is -2.74. The SMILES string of the molecule is Cc1nc(CC2CCS(=O)(=O)CC2)c(C)[nH]1. The summed E-state index contributed by atoms with van der Waals surface area (Å²) in [7, 11) is -2.74. The number of aryl methyl sites for hydroxylation is 2. The molecule has 5 heteroatoms. The Hall–Kier alpha value is -0.840. The molecule has 0 radical (unpaired) electrons. The van der Waals surface area contributed by atoms with Gasteiger partial charge in [-0.25, -0.2) is 13.4 Å². The fourth-order valence-electron chi connectivity index (χ4n) is 2.27. The first-order chi connectivity index (χ1) is 7.46. The summed E-state index contributed by atoms with van der Waals surface area (Å²) in [6.07, 6.45) is 2.48. The fourth-order valence-corrected chi connectivity index (χ4v) is 3.86. The quantitative estimate of drug-likeness (QED) is 0.852. The van der Waals surface area contributed by atoms with Gasteiger partial charge >= 0.3 is 0 Å². The van der Waals surface area contributed by atoms with E-state index in [1.54, 1.807) is 0 Å². The molecule has 90 valence electrons. The van der Waals surface area contributed by atoms with Crippen molar-refractivity contribution < 1.29 is 8.42 Å². The number of nitrogens with one attached hydrogen (secondary N) is 1. The minimum Gasteiger partial charge on any atom is -0.346 e. The molecule has 1 fully saturated rings. The molecule has 0 unspecified atom stereocenters. The van der Waals surface area contributed by atoms with Crippen molar-refractivity contribution >= 4 is 9.84 Å². The lowest BCUT2D eigenvalue weighted by atomic mass is 9.96. The number of aromatic amines is 1. The van der Waals surface area contributed by atoms with Crippen LogP contribution >= 0.6 is 0 Å². The molecule has 2 heterocycles. The van der Waals surface area contributed by atoms with Gasteiger partial charge in [0.25, 0.3) is 0 Å². The van der Waals surface area contributed by atoms with Gasteiger partial charge in [-0.3, -0.25) is 0 Å². The van der Waals surface area contributed by atoms with E-state index in [0.717, 1.165) is 36.5 Å². The first-order valence-corrected chi connectivity index (χ1v) is 7.51. The zero-order valence-corrected chi connectivity index (χ0v) is 10.6. The van der Waals surface area contributed by atoms with Crippen LogP contribution in [-0.2, 0) is 16.3 Å². The molecule has 1 N–H and O–H groups in total. The third kappa shape index (κ3) is 2.64. The normalized spacial score (nSPS) is 21.1. The first kappa shape index (κ1) is 11.6. The number of nitrogens with zero attached hydrogens (tertiary/aromatic N) is 1. The Balaban J connectivity index is 1.99. The van der Waals surface area contributed by atoms with Crippen molar-refractivity contribution in [3.63, 3.8) is 0 Å². The molecule has 0 bridgehead atoms. The fraction of sp³-hybridized carbons (Fsp3) is 0.727. The van der Waals surface area contributed by atoms with Crippen LogP contribution in [-0.4, -0.2) is 29.9 Å². The molecule has 4 nitrogen and oxygen atoms in total. The Morgan fingerprint density at radius 3 is 2.44 bits per heavy atom. The second-order valence-electron chi connectivity index (χ2n) is 4.69. The topological polar surface area (TPSA) is 62.8 Å². The largest absolute Gasteiger partial charge is 0.346 e. The van der Waals surface area contributed by atoms with Crippen LogP contribution in [0.5, 0.6) is 0 Å². The van der Waals surface area contributed by atoms with E-state index in [-0.39, 0.29) is 0 Å². The maximum atomic E-state index is 11.3. The summed E-state index contributed by atoms with van der Waals surface area (Å²) in [5.41, 5.74) is 2.22. The van der Waals surface area contributed by atoms with Crippen LogP contribution in [0.1, 0.15) is 30.1 Å². The lowest BCUT2D eigenvalue weighted by Crippen LogP contribution is -2.24. The summed E-state index contributed by atoms with van der Waals surface area (Å²) in [6.45, 7) is 3.97. The summed E-state index contributed by atoms with van der Waals surface area (Å²) < 4.78 is 22.6. The van der Waals surface area contributed by atoms with Crippen molar-refractivity contribution in [3.8, 4) is 0 Å². The van der Waals surface area contributed by atoms with Crippen molar-refractivity contribution in [3.05, 3.63) is 17.2 Å². The molecule has 1 aliphatic rings. The van der Waals surface area contributed by atoms with Gasteiger partial charge in [0.05, 0.1) is 17.2 Å². The molecule has 0 spiro atoms. The van der Waals surface area contributed by atoms with E-state index in [2.05, 4.69) is 9.97 Å². The van der Waals surface area contributed by atoms with E-state index in [9.17, 15) is 8.42 Å². The Morgan fingerprint density at radius 1 is 1.31 bits per heavy atom. The zero-order chi connectivity index (χ0) is 11.8. The number of aromatic nitrogens is 2. The molecule has 1 aromatic rings. The lowest BCUT2D eigenvalue weighted by Gasteiger charge is -2.21. The van der Waals surface area contributed by atoms with Gasteiger partial charge < -0.3 is 4.98 Å². The van der Waals surface area contributed by atoms with Gasteiger partial charge in [0.2, 0.25) is 0 Å². The maximum absolute atomic E-state index is 11.3. The predicted octanol–water partition coefficient (Wildman–Crippen LogP) is 1.39. The molecule has 2 rings (SSSR count). The van der Waals surface area contributed by atoms with Crippen LogP contribution in [0.2, 0.25) is 0 Å². The highest BCUT2D eigenvalue weighted by Gasteiger charge is 2.24. The predicted molar refractivity (Wildman–Crippen MR) is 63.1 cm³/mol. The highest BCUT2D eigenvalue weighted by molar-refractivity contribution is 7.91. The number of rotatable bonds is 2. The molecular weight excluding hydrogens is 224 g/mol. The molecule has 0 amide bonds. The summed E-state index contributed by atoms with van der Waals surface area (Å²) >= 11 is 0. The Labute approximate surface area is 96.4 Å². The minimum absolute atomic E-state index is 0.347. The van der Waals surface area contributed by atoms with Crippen LogP contribution in [0.15, 0.2) is 0 Å². The molecule has 1 saturated heterocycles. The molecule has 0 aromatic carbocycles. The van der Waals surface area contributed by atoms with Gasteiger partial charge in [0.15, 0.2) is 0 Å². The summed E-state index contributed by atoms with van der Waals surface area (Å²) in [5.74, 6) is 2.11. The summed E-state index contributed by atoms with van der Waals surface area (Å²) in [5, 5.41) is 0. The Morgan fingerprint density at radius 2 is 1.94 bits per heavy atom. The molecule has 0 aliphatic carbocycles. The number of hydrogen-bond donors (Lipinski definition) is 1. The van der Waals surface area contributed by atoms with E-state index in [1.807, 2.05) is 13.8 Å². The van der Waals surface area contributed by atoms with Crippen molar-refractivity contribution in [2.24, 2.45) is 5.92 Å². The zero-order valence-electron chi connectivity index (χ0n) is 9.78. The standard InChI is InChI=1S/C11H18N2O2S/c1-8-11(13-9(2)12-8)7-10-3-5-16(14,15)6-4-10/h10H,3-7H2,1-2H3,(H,12,13). The number of sulfone groups is 1. The average Bonchev–Trinajstić information content (AvgIpc) is 2.49. The van der Waals surface area contributed by atoms with Crippen molar-refractivity contribution in [2.75, 3.05) is 11.5 Å². The molecule has 0 saturated carbocycles. The van der Waals surface area contributed by atoms with E-state index >= 15 is 0 Å². The first-order valence-electron chi connectivity index (χ1n) is 5.69. The molecule has 16 heavy (non-hydrogen) atoms. The second kappa shape index (κ2) is 4.20. The summed E-state index contributed by atoms with van der Waals surface area (Å²) in [6, 6.07) is 0. The monoisotopic (exact) mass is 242 g/mol.